The molecular formula is C14H17ClF2. The third kappa shape index (κ3) is 2.62. The Morgan fingerprint density at radius 2 is 1.82 bits per heavy atom. The monoisotopic (exact) mass is 258 g/mol. The van der Waals surface area contributed by atoms with E-state index in [-0.39, 0.29) is 16.9 Å². The number of benzene rings is 1. The number of hydrogen-bond acceptors (Lipinski definition) is 0. The van der Waals surface area contributed by atoms with Gasteiger partial charge in [-0.2, -0.15) is 0 Å². The Morgan fingerprint density at radius 3 is 2.59 bits per heavy atom. The smallest absolute Gasteiger partial charge is 0.132 e. The first-order valence-electron chi connectivity index (χ1n) is 6.20. The van der Waals surface area contributed by atoms with Crippen molar-refractivity contribution in [3.05, 3.63) is 34.9 Å². The van der Waals surface area contributed by atoms with Crippen molar-refractivity contribution < 1.29 is 8.78 Å². The second-order valence-electron chi connectivity index (χ2n) is 4.85. The molecule has 1 aliphatic rings. The molecule has 1 aromatic rings. The Hall–Kier alpha value is -0.630. The maximum Gasteiger partial charge on any atom is 0.132 e. The van der Waals surface area contributed by atoms with Crippen molar-refractivity contribution in [1.29, 1.82) is 0 Å². The van der Waals surface area contributed by atoms with Crippen LogP contribution >= 0.6 is 11.6 Å². The Kier molecular flexibility index (Phi) is 4.03. The molecule has 0 aromatic heterocycles. The van der Waals surface area contributed by atoms with Crippen molar-refractivity contribution in [2.75, 3.05) is 0 Å². The highest BCUT2D eigenvalue weighted by atomic mass is 35.5. The highest BCUT2D eigenvalue weighted by Gasteiger charge is 2.28. The van der Waals surface area contributed by atoms with Gasteiger partial charge in [0.2, 0.25) is 0 Å². The summed E-state index contributed by atoms with van der Waals surface area (Å²) in [5.41, 5.74) is 0.696. The van der Waals surface area contributed by atoms with Crippen LogP contribution in [0.25, 0.3) is 0 Å². The summed E-state index contributed by atoms with van der Waals surface area (Å²) in [6.45, 7) is 1.66. The quantitative estimate of drug-likeness (QED) is 0.495. The lowest BCUT2D eigenvalue weighted by Crippen LogP contribution is -2.15. The van der Waals surface area contributed by atoms with Crippen molar-refractivity contribution in [3.63, 3.8) is 0 Å². The Balaban J connectivity index is 2.40. The number of aryl methyl sites for hydroxylation is 1. The van der Waals surface area contributed by atoms with Gasteiger partial charge in [0.25, 0.3) is 0 Å². The van der Waals surface area contributed by atoms with Crippen LogP contribution in [0.3, 0.4) is 0 Å². The lowest BCUT2D eigenvalue weighted by Gasteiger charge is -2.21. The second-order valence-corrected chi connectivity index (χ2v) is 5.41. The molecule has 0 saturated heterocycles. The molecule has 0 N–H and O–H groups in total. The van der Waals surface area contributed by atoms with E-state index in [0.29, 0.717) is 5.56 Å². The molecule has 1 saturated carbocycles. The third-order valence-electron chi connectivity index (χ3n) is 3.62. The fraction of sp³-hybridized carbons (Fsp3) is 0.571. The van der Waals surface area contributed by atoms with Gasteiger partial charge in [0, 0.05) is 16.9 Å². The van der Waals surface area contributed by atoms with Gasteiger partial charge in [-0.25, -0.2) is 8.78 Å². The van der Waals surface area contributed by atoms with Crippen LogP contribution in [0, 0.1) is 18.6 Å². The molecule has 0 amide bonds. The lowest BCUT2D eigenvalue weighted by molar-refractivity contribution is 0.493. The third-order valence-corrected chi connectivity index (χ3v) is 4.14. The molecule has 2 atom stereocenters. The molecule has 1 aromatic carbocycles. The first-order valence-corrected chi connectivity index (χ1v) is 6.63. The van der Waals surface area contributed by atoms with E-state index in [1.807, 2.05) is 0 Å². The summed E-state index contributed by atoms with van der Waals surface area (Å²) < 4.78 is 27.9. The standard InChI is InChI=1S/C14H17ClF2/c1-9-7-8-12(16)13(14(9)17)10-5-3-2-4-6-11(10)15/h7-8,10-11H,2-6H2,1H3. The molecule has 3 heteroatoms. The van der Waals surface area contributed by atoms with Gasteiger partial charge in [-0.1, -0.05) is 25.3 Å². The van der Waals surface area contributed by atoms with Crippen LogP contribution in [0.4, 0.5) is 8.78 Å². The molecule has 0 heterocycles. The van der Waals surface area contributed by atoms with Gasteiger partial charge in [-0.15, -0.1) is 11.6 Å². The van der Waals surface area contributed by atoms with Gasteiger partial charge in [-0.3, -0.25) is 0 Å². The molecule has 0 radical (unpaired) electrons. The minimum Gasteiger partial charge on any atom is -0.207 e. The molecule has 94 valence electrons. The zero-order chi connectivity index (χ0) is 12.4. The molecular weight excluding hydrogens is 242 g/mol. The zero-order valence-corrected chi connectivity index (χ0v) is 10.7. The Morgan fingerprint density at radius 1 is 1.12 bits per heavy atom. The first-order chi connectivity index (χ1) is 8.11. The van der Waals surface area contributed by atoms with E-state index in [0.717, 1.165) is 32.1 Å². The van der Waals surface area contributed by atoms with Gasteiger partial charge in [-0.05, 0) is 31.4 Å². The zero-order valence-electron chi connectivity index (χ0n) is 9.98. The summed E-state index contributed by atoms with van der Waals surface area (Å²) in [5, 5.41) is -0.150. The van der Waals surface area contributed by atoms with Crippen molar-refractivity contribution >= 4 is 11.6 Å². The predicted molar refractivity (Wildman–Crippen MR) is 66.6 cm³/mol. The summed E-state index contributed by atoms with van der Waals surface area (Å²) >= 11 is 6.28. The molecule has 2 rings (SSSR count). The summed E-state index contributed by atoms with van der Waals surface area (Å²) in [6.07, 6.45) is 4.79. The van der Waals surface area contributed by atoms with Gasteiger partial charge < -0.3 is 0 Å². The molecule has 0 nitrogen and oxygen atoms in total. The van der Waals surface area contributed by atoms with E-state index in [9.17, 15) is 8.78 Å². The number of halogens is 3. The minimum absolute atomic E-state index is 0.150. The van der Waals surface area contributed by atoms with Crippen LogP contribution in [0.5, 0.6) is 0 Å². The summed E-state index contributed by atoms with van der Waals surface area (Å²) in [7, 11) is 0. The normalized spacial score (nSPS) is 25.6. The van der Waals surface area contributed by atoms with Crippen LogP contribution < -0.4 is 0 Å². The van der Waals surface area contributed by atoms with Crippen LogP contribution in [0.1, 0.15) is 49.1 Å². The number of hydrogen-bond donors (Lipinski definition) is 0. The van der Waals surface area contributed by atoms with Crippen molar-refractivity contribution in [1.82, 2.24) is 0 Å². The van der Waals surface area contributed by atoms with E-state index in [1.54, 1.807) is 6.92 Å². The summed E-state index contributed by atoms with van der Waals surface area (Å²) in [4.78, 5) is 0. The average Bonchev–Trinajstić information content (AvgIpc) is 2.50. The van der Waals surface area contributed by atoms with Crippen LogP contribution in [0.15, 0.2) is 12.1 Å². The molecule has 0 bridgehead atoms. The Bertz CT molecular complexity index is 403. The van der Waals surface area contributed by atoms with E-state index in [4.69, 9.17) is 11.6 Å². The van der Waals surface area contributed by atoms with Crippen LogP contribution in [0.2, 0.25) is 0 Å². The van der Waals surface area contributed by atoms with Crippen molar-refractivity contribution in [2.45, 2.75) is 50.3 Å². The van der Waals surface area contributed by atoms with E-state index in [1.165, 1.54) is 12.1 Å². The van der Waals surface area contributed by atoms with Crippen molar-refractivity contribution in [2.24, 2.45) is 0 Å². The van der Waals surface area contributed by atoms with Gasteiger partial charge in [0.1, 0.15) is 11.6 Å². The van der Waals surface area contributed by atoms with E-state index in [2.05, 4.69) is 0 Å². The average molecular weight is 259 g/mol. The number of alkyl halides is 1. The minimum atomic E-state index is -0.453. The van der Waals surface area contributed by atoms with E-state index >= 15 is 0 Å². The molecule has 2 unspecified atom stereocenters. The summed E-state index contributed by atoms with van der Waals surface area (Å²) in [6, 6.07) is 2.83. The molecule has 17 heavy (non-hydrogen) atoms. The largest absolute Gasteiger partial charge is 0.207 e. The Labute approximate surface area is 106 Å². The first kappa shape index (κ1) is 12.8. The topological polar surface area (TPSA) is 0 Å². The maximum atomic E-state index is 14.1. The van der Waals surface area contributed by atoms with Crippen LogP contribution in [-0.4, -0.2) is 5.38 Å². The van der Waals surface area contributed by atoms with Gasteiger partial charge in [0.05, 0.1) is 0 Å². The lowest BCUT2D eigenvalue weighted by atomic mass is 9.89. The fourth-order valence-electron chi connectivity index (χ4n) is 2.61. The maximum absolute atomic E-state index is 14.1. The van der Waals surface area contributed by atoms with Gasteiger partial charge in [0.15, 0.2) is 0 Å². The van der Waals surface area contributed by atoms with Crippen LogP contribution in [-0.2, 0) is 0 Å². The van der Waals surface area contributed by atoms with E-state index < -0.39 is 11.6 Å². The highest BCUT2D eigenvalue weighted by molar-refractivity contribution is 6.21. The molecule has 1 aliphatic carbocycles. The summed E-state index contributed by atoms with van der Waals surface area (Å²) in [5.74, 6) is -1.05. The second kappa shape index (κ2) is 5.34. The fourth-order valence-corrected chi connectivity index (χ4v) is 3.01. The molecule has 1 fully saturated rings. The predicted octanol–water partition coefficient (Wildman–Crippen LogP) is 4.93. The van der Waals surface area contributed by atoms with Gasteiger partial charge >= 0.3 is 0 Å². The SMILES string of the molecule is Cc1ccc(F)c(C2CCCCCC2Cl)c1F. The van der Waals surface area contributed by atoms with Crippen molar-refractivity contribution in [3.8, 4) is 0 Å². The molecule has 0 aliphatic heterocycles. The number of rotatable bonds is 1. The highest BCUT2D eigenvalue weighted by Crippen LogP contribution is 2.38. The molecule has 0 spiro atoms.